The molecule has 3 rings (SSSR count). The summed E-state index contributed by atoms with van der Waals surface area (Å²) >= 11 is 12.3. The third-order valence-corrected chi connectivity index (χ3v) is 4.45. The van der Waals surface area contributed by atoms with Crippen LogP contribution >= 0.6 is 23.2 Å². The number of rotatable bonds is 4. The first-order valence-corrected chi connectivity index (χ1v) is 7.67. The van der Waals surface area contributed by atoms with E-state index in [1.807, 2.05) is 18.2 Å². The maximum Gasteiger partial charge on any atom is 0.129 e. The Kier molecular flexibility index (Phi) is 4.34. The molecule has 0 aliphatic carbocycles. The molecule has 3 nitrogen and oxygen atoms in total. The van der Waals surface area contributed by atoms with Gasteiger partial charge in [0.25, 0.3) is 0 Å². The molecule has 0 spiro atoms. The van der Waals surface area contributed by atoms with Gasteiger partial charge < -0.3 is 9.64 Å². The fraction of sp³-hybridized carbons (Fsp3) is 0.312. The monoisotopic (exact) mass is 322 g/mol. The maximum atomic E-state index is 6.25. The zero-order valence-electron chi connectivity index (χ0n) is 11.6. The van der Waals surface area contributed by atoms with Crippen LogP contribution < -0.4 is 4.90 Å². The van der Waals surface area contributed by atoms with Crippen LogP contribution in [-0.4, -0.2) is 30.8 Å². The van der Waals surface area contributed by atoms with Crippen molar-refractivity contribution in [3.63, 3.8) is 0 Å². The second-order valence-corrected chi connectivity index (χ2v) is 5.87. The standard InChI is InChI=1S/C16H16Cl2N2O/c1-2-9-21-12-7-8-20(10-12)14-6-4-11-3-5-13(17)15(18)16(11)19-14/h2-6,12H,1,7-10H2. The van der Waals surface area contributed by atoms with Crippen LogP contribution in [0.1, 0.15) is 6.42 Å². The Balaban J connectivity index is 1.85. The van der Waals surface area contributed by atoms with Gasteiger partial charge >= 0.3 is 0 Å². The molecule has 1 aliphatic heterocycles. The third-order valence-electron chi connectivity index (χ3n) is 3.66. The van der Waals surface area contributed by atoms with E-state index in [1.165, 1.54) is 0 Å². The Labute approximate surface area is 134 Å². The number of fused-ring (bicyclic) bond motifs is 1. The van der Waals surface area contributed by atoms with Gasteiger partial charge in [0.1, 0.15) is 5.82 Å². The molecule has 2 aromatic rings. The number of halogens is 2. The highest BCUT2D eigenvalue weighted by atomic mass is 35.5. The van der Waals surface area contributed by atoms with Crippen molar-refractivity contribution in [3.8, 4) is 0 Å². The molecule has 0 saturated carbocycles. The predicted molar refractivity (Wildman–Crippen MR) is 88.5 cm³/mol. The van der Waals surface area contributed by atoms with E-state index in [0.29, 0.717) is 16.7 Å². The first kappa shape index (κ1) is 14.6. The van der Waals surface area contributed by atoms with Crippen LogP contribution in [0.4, 0.5) is 5.82 Å². The second kappa shape index (κ2) is 6.22. The first-order valence-electron chi connectivity index (χ1n) is 6.91. The summed E-state index contributed by atoms with van der Waals surface area (Å²) in [5, 5.41) is 2.03. The summed E-state index contributed by atoms with van der Waals surface area (Å²) < 4.78 is 5.70. The van der Waals surface area contributed by atoms with Crippen molar-refractivity contribution in [1.29, 1.82) is 0 Å². The summed E-state index contributed by atoms with van der Waals surface area (Å²) in [6.45, 7) is 6.03. The van der Waals surface area contributed by atoms with E-state index in [2.05, 4.69) is 16.5 Å². The molecule has 2 heterocycles. The molecule has 1 aromatic carbocycles. The van der Waals surface area contributed by atoms with E-state index in [4.69, 9.17) is 27.9 Å². The maximum absolute atomic E-state index is 6.25. The van der Waals surface area contributed by atoms with Crippen molar-refractivity contribution < 1.29 is 4.74 Å². The van der Waals surface area contributed by atoms with E-state index in [9.17, 15) is 0 Å². The van der Waals surface area contributed by atoms with Crippen LogP contribution in [0.2, 0.25) is 10.0 Å². The highest BCUT2D eigenvalue weighted by Crippen LogP contribution is 2.31. The van der Waals surface area contributed by atoms with Gasteiger partial charge in [-0.15, -0.1) is 6.58 Å². The van der Waals surface area contributed by atoms with Crippen molar-refractivity contribution in [3.05, 3.63) is 47.0 Å². The Hall–Kier alpha value is -1.29. The molecule has 1 fully saturated rings. The number of ether oxygens (including phenoxy) is 1. The van der Waals surface area contributed by atoms with E-state index >= 15 is 0 Å². The van der Waals surface area contributed by atoms with Gasteiger partial charge in [-0.2, -0.15) is 0 Å². The number of benzene rings is 1. The quantitative estimate of drug-likeness (QED) is 0.784. The van der Waals surface area contributed by atoms with Crippen LogP contribution in [-0.2, 0) is 4.74 Å². The van der Waals surface area contributed by atoms with Crippen molar-refractivity contribution in [2.75, 3.05) is 24.6 Å². The Bertz CT molecular complexity index is 675. The SMILES string of the molecule is C=CCOC1CCN(c2ccc3ccc(Cl)c(Cl)c3n2)C1. The molecule has 5 heteroatoms. The molecule has 0 radical (unpaired) electrons. The fourth-order valence-electron chi connectivity index (χ4n) is 2.57. The first-order chi connectivity index (χ1) is 10.2. The molecule has 1 aromatic heterocycles. The van der Waals surface area contributed by atoms with Crippen molar-refractivity contribution >= 4 is 39.9 Å². The van der Waals surface area contributed by atoms with Crippen LogP contribution in [0.3, 0.4) is 0 Å². The van der Waals surface area contributed by atoms with Gasteiger partial charge in [-0.25, -0.2) is 4.98 Å². The topological polar surface area (TPSA) is 25.4 Å². The lowest BCUT2D eigenvalue weighted by Gasteiger charge is -2.18. The zero-order chi connectivity index (χ0) is 14.8. The van der Waals surface area contributed by atoms with Crippen LogP contribution in [0.25, 0.3) is 10.9 Å². The molecule has 1 aliphatic rings. The van der Waals surface area contributed by atoms with Gasteiger partial charge in [-0.3, -0.25) is 0 Å². The molecule has 0 amide bonds. The number of pyridine rings is 1. The van der Waals surface area contributed by atoms with Gasteiger partial charge in [0.2, 0.25) is 0 Å². The summed E-state index contributed by atoms with van der Waals surface area (Å²) in [5.41, 5.74) is 0.747. The predicted octanol–water partition coefficient (Wildman–Crippen LogP) is 4.32. The summed E-state index contributed by atoms with van der Waals surface area (Å²) in [6.07, 6.45) is 3.01. The van der Waals surface area contributed by atoms with E-state index in [1.54, 1.807) is 12.1 Å². The van der Waals surface area contributed by atoms with Gasteiger partial charge in [0.05, 0.1) is 28.3 Å². The number of hydrogen-bond acceptors (Lipinski definition) is 3. The lowest BCUT2D eigenvalue weighted by Crippen LogP contribution is -2.23. The van der Waals surface area contributed by atoms with Crippen molar-refractivity contribution in [1.82, 2.24) is 4.98 Å². The lowest BCUT2D eigenvalue weighted by atomic mass is 10.2. The van der Waals surface area contributed by atoms with E-state index in [0.717, 1.165) is 36.2 Å². The molecule has 1 atom stereocenters. The van der Waals surface area contributed by atoms with Gasteiger partial charge in [0.15, 0.2) is 0 Å². The Morgan fingerprint density at radius 1 is 1.33 bits per heavy atom. The summed E-state index contributed by atoms with van der Waals surface area (Å²) in [4.78, 5) is 6.88. The average molecular weight is 323 g/mol. The van der Waals surface area contributed by atoms with E-state index < -0.39 is 0 Å². The lowest BCUT2D eigenvalue weighted by molar-refractivity contribution is 0.0909. The second-order valence-electron chi connectivity index (χ2n) is 5.08. The minimum absolute atomic E-state index is 0.232. The van der Waals surface area contributed by atoms with Crippen molar-refractivity contribution in [2.24, 2.45) is 0 Å². The Morgan fingerprint density at radius 2 is 2.14 bits per heavy atom. The largest absolute Gasteiger partial charge is 0.372 e. The van der Waals surface area contributed by atoms with Crippen LogP contribution in [0.15, 0.2) is 36.9 Å². The summed E-state index contributed by atoms with van der Waals surface area (Å²) in [6, 6.07) is 7.77. The summed E-state index contributed by atoms with van der Waals surface area (Å²) in [5.74, 6) is 0.913. The number of aromatic nitrogens is 1. The molecule has 1 saturated heterocycles. The van der Waals surface area contributed by atoms with Crippen molar-refractivity contribution in [2.45, 2.75) is 12.5 Å². The molecule has 1 unspecified atom stereocenters. The number of nitrogens with zero attached hydrogens (tertiary/aromatic N) is 2. The summed E-state index contributed by atoms with van der Waals surface area (Å²) in [7, 11) is 0. The third kappa shape index (κ3) is 3.00. The van der Waals surface area contributed by atoms with Gasteiger partial charge in [-0.05, 0) is 24.6 Å². The minimum Gasteiger partial charge on any atom is -0.372 e. The zero-order valence-corrected chi connectivity index (χ0v) is 13.1. The normalized spacial score (nSPS) is 18.4. The minimum atomic E-state index is 0.232. The molecular weight excluding hydrogens is 307 g/mol. The molecule has 0 N–H and O–H groups in total. The average Bonchev–Trinajstić information content (AvgIpc) is 2.97. The molecule has 21 heavy (non-hydrogen) atoms. The number of hydrogen-bond donors (Lipinski definition) is 0. The van der Waals surface area contributed by atoms with Crippen LogP contribution in [0, 0.1) is 0 Å². The fourth-order valence-corrected chi connectivity index (χ4v) is 2.94. The van der Waals surface area contributed by atoms with Gasteiger partial charge in [0, 0.05) is 18.5 Å². The molecule has 110 valence electrons. The molecular formula is C16H16Cl2N2O. The molecule has 0 bridgehead atoms. The number of anilines is 1. The van der Waals surface area contributed by atoms with E-state index in [-0.39, 0.29) is 6.10 Å². The van der Waals surface area contributed by atoms with Crippen LogP contribution in [0.5, 0.6) is 0 Å². The van der Waals surface area contributed by atoms with Gasteiger partial charge in [-0.1, -0.05) is 35.3 Å². The Morgan fingerprint density at radius 3 is 2.95 bits per heavy atom. The highest BCUT2D eigenvalue weighted by Gasteiger charge is 2.24. The highest BCUT2D eigenvalue weighted by molar-refractivity contribution is 6.45. The smallest absolute Gasteiger partial charge is 0.129 e.